The fourth-order valence-electron chi connectivity index (χ4n) is 2.73. The maximum atomic E-state index is 12.2. The fraction of sp³-hybridized carbons (Fsp3) is 0.348. The number of aromatic nitrogens is 1. The Morgan fingerprint density at radius 1 is 1.00 bits per heavy atom. The van der Waals surface area contributed by atoms with Crippen molar-refractivity contribution in [2.24, 2.45) is 0 Å². The van der Waals surface area contributed by atoms with Crippen molar-refractivity contribution in [2.45, 2.75) is 54.9 Å². The molecule has 1 aliphatic carbocycles. The van der Waals surface area contributed by atoms with Crippen LogP contribution >= 0.6 is 0 Å². The van der Waals surface area contributed by atoms with E-state index in [9.17, 15) is 4.79 Å². The molecule has 3 rings (SSSR count). The summed E-state index contributed by atoms with van der Waals surface area (Å²) in [5.41, 5.74) is 4.35. The Morgan fingerprint density at radius 3 is 2.08 bits per heavy atom. The lowest BCUT2D eigenvalue weighted by molar-refractivity contribution is 1.18. The zero-order valence-corrected chi connectivity index (χ0v) is 16.9. The summed E-state index contributed by atoms with van der Waals surface area (Å²) < 4.78 is 0. The van der Waals surface area contributed by atoms with E-state index in [1.807, 2.05) is 91.0 Å². The van der Waals surface area contributed by atoms with Gasteiger partial charge in [-0.3, -0.25) is 4.79 Å². The second kappa shape index (κ2) is 12.1. The molecule has 0 amide bonds. The van der Waals surface area contributed by atoms with Gasteiger partial charge in [-0.25, -0.2) is 0 Å². The highest BCUT2D eigenvalue weighted by Gasteiger charge is 2.21. The molecule has 0 atom stereocenters. The van der Waals surface area contributed by atoms with Gasteiger partial charge in [0.05, 0.1) is 5.69 Å². The predicted octanol–water partition coefficient (Wildman–Crippen LogP) is 6.68. The van der Waals surface area contributed by atoms with Crippen LogP contribution in [-0.4, -0.2) is 4.98 Å². The van der Waals surface area contributed by atoms with Crippen LogP contribution in [0.1, 0.15) is 59.7 Å². The Labute approximate surface area is 153 Å². The molecule has 0 radical (unpaired) electrons. The molecule has 2 nitrogen and oxygen atoms in total. The van der Waals surface area contributed by atoms with Gasteiger partial charge < -0.3 is 4.98 Å². The number of hydrogen-bond donors (Lipinski definition) is 1. The summed E-state index contributed by atoms with van der Waals surface area (Å²) in [6.45, 7) is 17.9. The number of pyridine rings is 1. The first-order valence-corrected chi connectivity index (χ1v) is 9.38. The SMILES string of the molecule is C=CC1=C(/C=C\C)c2[nH]c(=O)c3ccccc3c2C1.CC.CC.CC. The van der Waals surface area contributed by atoms with Crippen LogP contribution in [0.5, 0.6) is 0 Å². The Bertz CT molecular complexity index is 791. The molecule has 0 fully saturated rings. The van der Waals surface area contributed by atoms with Crippen molar-refractivity contribution in [3.63, 3.8) is 0 Å². The van der Waals surface area contributed by atoms with E-state index in [0.29, 0.717) is 0 Å². The van der Waals surface area contributed by atoms with Gasteiger partial charge in [-0.05, 0) is 29.5 Å². The maximum Gasteiger partial charge on any atom is 0.256 e. The summed E-state index contributed by atoms with van der Waals surface area (Å²) >= 11 is 0. The van der Waals surface area contributed by atoms with E-state index in [4.69, 9.17) is 0 Å². The third-order valence-electron chi connectivity index (χ3n) is 3.60. The van der Waals surface area contributed by atoms with Crippen LogP contribution in [0.3, 0.4) is 0 Å². The quantitative estimate of drug-likeness (QED) is 0.650. The Morgan fingerprint density at radius 2 is 1.56 bits per heavy atom. The minimum Gasteiger partial charge on any atom is -0.321 e. The zero-order chi connectivity index (χ0) is 19.4. The first kappa shape index (κ1) is 22.6. The highest BCUT2D eigenvalue weighted by Crippen LogP contribution is 2.35. The summed E-state index contributed by atoms with van der Waals surface area (Å²) in [6.07, 6.45) is 6.73. The van der Waals surface area contributed by atoms with Crippen LogP contribution in [0.25, 0.3) is 16.3 Å². The van der Waals surface area contributed by atoms with Gasteiger partial charge in [-0.2, -0.15) is 0 Å². The third-order valence-corrected chi connectivity index (χ3v) is 3.60. The Hall–Kier alpha value is -2.35. The zero-order valence-electron chi connectivity index (χ0n) is 16.9. The monoisotopic (exact) mass is 339 g/mol. The van der Waals surface area contributed by atoms with Crippen LogP contribution < -0.4 is 5.56 Å². The Balaban J connectivity index is 0.000000871. The molecule has 2 heteroatoms. The first-order chi connectivity index (χ1) is 12.3. The summed E-state index contributed by atoms with van der Waals surface area (Å²) in [6, 6.07) is 7.76. The normalized spacial score (nSPS) is 11.6. The van der Waals surface area contributed by atoms with Crippen LogP contribution in [0.15, 0.2) is 59.4 Å². The molecule has 0 unspecified atom stereocenters. The number of H-pyrrole nitrogens is 1. The number of aromatic amines is 1. The molecule has 1 aromatic carbocycles. The van der Waals surface area contributed by atoms with Gasteiger partial charge in [-0.1, -0.05) is 84.5 Å². The molecule has 0 bridgehead atoms. The number of allylic oxidation sites excluding steroid dienone is 5. The first-order valence-electron chi connectivity index (χ1n) is 9.38. The van der Waals surface area contributed by atoms with E-state index < -0.39 is 0 Å². The van der Waals surface area contributed by atoms with E-state index in [1.165, 1.54) is 11.1 Å². The molecule has 0 aliphatic heterocycles. The lowest BCUT2D eigenvalue weighted by atomic mass is 10.0. The molecule has 0 saturated heterocycles. The average Bonchev–Trinajstić information content (AvgIpc) is 3.05. The van der Waals surface area contributed by atoms with Gasteiger partial charge >= 0.3 is 0 Å². The standard InChI is InChI=1S/C17H15NO.3C2H6/c1-3-7-12-11(4-2)10-15-13-8-5-6-9-14(13)17(19)18-16(12)15;3*1-2/h3-9H,2,10H2,1H3,(H,18,19);3*1-2H3/b7-3-;;;. The van der Waals surface area contributed by atoms with Gasteiger partial charge in [-0.15, -0.1) is 0 Å². The molecular weight excluding hydrogens is 306 g/mol. The van der Waals surface area contributed by atoms with Crippen molar-refractivity contribution in [1.29, 1.82) is 0 Å². The van der Waals surface area contributed by atoms with Crippen molar-refractivity contribution >= 4 is 16.3 Å². The van der Waals surface area contributed by atoms with Crippen molar-refractivity contribution in [3.05, 3.63) is 76.3 Å². The minimum atomic E-state index is -0.0262. The Kier molecular flexibility index (Phi) is 10.9. The van der Waals surface area contributed by atoms with Gasteiger partial charge in [0.1, 0.15) is 0 Å². The average molecular weight is 340 g/mol. The van der Waals surface area contributed by atoms with E-state index in [2.05, 4.69) is 11.6 Å². The summed E-state index contributed by atoms with van der Waals surface area (Å²) in [7, 11) is 0. The summed E-state index contributed by atoms with van der Waals surface area (Å²) in [5.74, 6) is 0. The second-order valence-electron chi connectivity index (χ2n) is 4.67. The number of nitrogens with one attached hydrogen (secondary N) is 1. The van der Waals surface area contributed by atoms with E-state index in [1.54, 1.807) is 0 Å². The van der Waals surface area contributed by atoms with E-state index in [0.717, 1.165) is 28.5 Å². The molecule has 1 heterocycles. The van der Waals surface area contributed by atoms with Crippen molar-refractivity contribution in [3.8, 4) is 0 Å². The highest BCUT2D eigenvalue weighted by atomic mass is 16.1. The van der Waals surface area contributed by atoms with Crippen molar-refractivity contribution in [2.75, 3.05) is 0 Å². The molecule has 1 aromatic heterocycles. The number of rotatable bonds is 2. The molecule has 2 aromatic rings. The topological polar surface area (TPSA) is 32.9 Å². The predicted molar refractivity (Wildman–Crippen MR) is 114 cm³/mol. The summed E-state index contributed by atoms with van der Waals surface area (Å²) in [4.78, 5) is 15.2. The van der Waals surface area contributed by atoms with Crippen LogP contribution in [0.4, 0.5) is 0 Å². The maximum absolute atomic E-state index is 12.2. The van der Waals surface area contributed by atoms with Gasteiger partial charge in [0.15, 0.2) is 0 Å². The van der Waals surface area contributed by atoms with Gasteiger partial charge in [0, 0.05) is 17.4 Å². The van der Waals surface area contributed by atoms with Crippen LogP contribution in [0.2, 0.25) is 0 Å². The van der Waals surface area contributed by atoms with Crippen LogP contribution in [-0.2, 0) is 6.42 Å². The molecule has 136 valence electrons. The molecule has 0 spiro atoms. The second-order valence-corrected chi connectivity index (χ2v) is 4.67. The van der Waals surface area contributed by atoms with Gasteiger partial charge in [0.2, 0.25) is 0 Å². The summed E-state index contributed by atoms with van der Waals surface area (Å²) in [5, 5.41) is 1.80. The van der Waals surface area contributed by atoms with E-state index in [-0.39, 0.29) is 5.56 Å². The molecule has 25 heavy (non-hydrogen) atoms. The molecule has 1 N–H and O–H groups in total. The van der Waals surface area contributed by atoms with Crippen molar-refractivity contribution < 1.29 is 0 Å². The van der Waals surface area contributed by atoms with Crippen LogP contribution in [0, 0.1) is 0 Å². The lowest BCUT2D eigenvalue weighted by Crippen LogP contribution is -2.10. The van der Waals surface area contributed by atoms with E-state index >= 15 is 0 Å². The van der Waals surface area contributed by atoms with Gasteiger partial charge in [0.25, 0.3) is 5.56 Å². The smallest absolute Gasteiger partial charge is 0.256 e. The number of hydrogen-bond acceptors (Lipinski definition) is 1. The van der Waals surface area contributed by atoms with Crippen molar-refractivity contribution in [1.82, 2.24) is 4.98 Å². The number of benzene rings is 1. The highest BCUT2D eigenvalue weighted by molar-refractivity contribution is 5.94. The minimum absolute atomic E-state index is 0.0262. The third kappa shape index (κ3) is 4.82. The number of fused-ring (bicyclic) bond motifs is 3. The molecular formula is C23H33NO. The lowest BCUT2D eigenvalue weighted by Gasteiger charge is -2.06. The molecule has 1 aliphatic rings. The molecule has 0 saturated carbocycles. The fourth-order valence-corrected chi connectivity index (χ4v) is 2.73. The largest absolute Gasteiger partial charge is 0.321 e.